The highest BCUT2D eigenvalue weighted by molar-refractivity contribution is 7.89. The lowest BCUT2D eigenvalue weighted by Crippen LogP contribution is -2.25. The van der Waals surface area contributed by atoms with Gasteiger partial charge in [0.15, 0.2) is 0 Å². The second-order valence-corrected chi connectivity index (χ2v) is 8.57. The molecule has 0 aliphatic heterocycles. The molecule has 3 rings (SSSR count). The maximum Gasteiger partial charge on any atom is 0.240 e. The van der Waals surface area contributed by atoms with Gasteiger partial charge in [0.1, 0.15) is 10.8 Å². The molecule has 0 bridgehead atoms. The summed E-state index contributed by atoms with van der Waals surface area (Å²) in [7, 11) is -1.84. The molecule has 0 radical (unpaired) electrons. The summed E-state index contributed by atoms with van der Waals surface area (Å²) in [6, 6.07) is 16.1. The third-order valence-electron chi connectivity index (χ3n) is 3.93. The van der Waals surface area contributed by atoms with Crippen LogP contribution in [0.5, 0.6) is 5.75 Å². The Bertz CT molecular complexity index is 966. The monoisotopic (exact) mass is 388 g/mol. The van der Waals surface area contributed by atoms with Gasteiger partial charge >= 0.3 is 0 Å². The SMILES string of the molecule is COc1ccc(-c2nc(C)c(CCNS(=O)(=O)c3ccccc3)s2)cc1. The van der Waals surface area contributed by atoms with Gasteiger partial charge in [0.05, 0.1) is 17.7 Å². The maximum atomic E-state index is 12.3. The van der Waals surface area contributed by atoms with E-state index in [-0.39, 0.29) is 4.90 Å². The number of methoxy groups -OCH3 is 1. The van der Waals surface area contributed by atoms with Gasteiger partial charge in [-0.2, -0.15) is 0 Å². The van der Waals surface area contributed by atoms with Crippen LogP contribution in [0.15, 0.2) is 59.5 Å². The minimum absolute atomic E-state index is 0.278. The van der Waals surface area contributed by atoms with E-state index in [0.29, 0.717) is 13.0 Å². The predicted octanol–water partition coefficient (Wildman–Crippen LogP) is 3.65. The molecule has 0 aliphatic carbocycles. The second kappa shape index (κ2) is 7.99. The van der Waals surface area contributed by atoms with Crippen molar-refractivity contribution < 1.29 is 13.2 Å². The van der Waals surface area contributed by atoms with Crippen LogP contribution in [0.3, 0.4) is 0 Å². The van der Waals surface area contributed by atoms with Gasteiger partial charge in [0.25, 0.3) is 0 Å². The zero-order valence-electron chi connectivity index (χ0n) is 14.6. The van der Waals surface area contributed by atoms with Crippen molar-refractivity contribution in [2.24, 2.45) is 0 Å². The molecule has 1 heterocycles. The van der Waals surface area contributed by atoms with Gasteiger partial charge in [0, 0.05) is 17.0 Å². The van der Waals surface area contributed by atoms with Gasteiger partial charge < -0.3 is 4.74 Å². The first-order valence-electron chi connectivity index (χ1n) is 8.15. The Morgan fingerprint density at radius 1 is 1.08 bits per heavy atom. The zero-order chi connectivity index (χ0) is 18.6. The quantitative estimate of drug-likeness (QED) is 0.671. The lowest BCUT2D eigenvalue weighted by atomic mass is 10.2. The van der Waals surface area contributed by atoms with Crippen molar-refractivity contribution in [1.29, 1.82) is 0 Å². The number of hydrogen-bond acceptors (Lipinski definition) is 5. The molecule has 0 fully saturated rings. The fraction of sp³-hybridized carbons (Fsp3) is 0.211. The number of nitrogens with one attached hydrogen (secondary N) is 1. The van der Waals surface area contributed by atoms with Crippen LogP contribution in [-0.2, 0) is 16.4 Å². The van der Waals surface area contributed by atoms with Crippen LogP contribution < -0.4 is 9.46 Å². The maximum absolute atomic E-state index is 12.3. The Hall–Kier alpha value is -2.22. The molecule has 1 N–H and O–H groups in total. The summed E-state index contributed by atoms with van der Waals surface area (Å²) in [5, 5.41) is 0.922. The third-order valence-corrected chi connectivity index (χ3v) is 6.67. The highest BCUT2D eigenvalue weighted by atomic mass is 32.2. The van der Waals surface area contributed by atoms with E-state index >= 15 is 0 Å². The lowest BCUT2D eigenvalue weighted by Gasteiger charge is -2.06. The average Bonchev–Trinajstić information content (AvgIpc) is 3.03. The summed E-state index contributed by atoms with van der Waals surface area (Å²) in [4.78, 5) is 5.96. The van der Waals surface area contributed by atoms with Gasteiger partial charge in [-0.05, 0) is 49.7 Å². The molecule has 3 aromatic rings. The molecule has 0 aliphatic rings. The minimum Gasteiger partial charge on any atom is -0.497 e. The standard InChI is InChI=1S/C19H20N2O3S2/c1-14-18(12-13-20-26(22,23)17-6-4-3-5-7-17)25-19(21-14)15-8-10-16(24-2)11-9-15/h3-11,20H,12-13H2,1-2H3. The van der Waals surface area contributed by atoms with E-state index in [1.54, 1.807) is 48.8 Å². The molecule has 136 valence electrons. The number of thiazole rings is 1. The van der Waals surface area contributed by atoms with Crippen LogP contribution >= 0.6 is 11.3 Å². The third kappa shape index (κ3) is 4.30. The summed E-state index contributed by atoms with van der Waals surface area (Å²) in [6.45, 7) is 2.28. The normalized spacial score (nSPS) is 11.5. The van der Waals surface area contributed by atoms with Crippen LogP contribution in [0.1, 0.15) is 10.6 Å². The lowest BCUT2D eigenvalue weighted by molar-refractivity contribution is 0.415. The molecule has 5 nitrogen and oxygen atoms in total. The van der Waals surface area contributed by atoms with Crippen LogP contribution in [-0.4, -0.2) is 27.1 Å². The van der Waals surface area contributed by atoms with E-state index in [1.807, 2.05) is 31.2 Å². The number of aromatic nitrogens is 1. The minimum atomic E-state index is -3.48. The van der Waals surface area contributed by atoms with E-state index in [4.69, 9.17) is 4.74 Å². The summed E-state index contributed by atoms with van der Waals surface area (Å²) < 4.78 is 32.3. The Balaban J connectivity index is 1.66. The molecule has 0 spiro atoms. The molecule has 7 heteroatoms. The van der Waals surface area contributed by atoms with Gasteiger partial charge in [-0.3, -0.25) is 0 Å². The van der Waals surface area contributed by atoms with Crippen molar-refractivity contribution in [1.82, 2.24) is 9.71 Å². The molecule has 0 saturated carbocycles. The predicted molar refractivity (Wildman–Crippen MR) is 104 cm³/mol. The van der Waals surface area contributed by atoms with Crippen molar-refractivity contribution in [3.63, 3.8) is 0 Å². The van der Waals surface area contributed by atoms with Crippen LogP contribution in [0.2, 0.25) is 0 Å². The van der Waals surface area contributed by atoms with Crippen molar-refractivity contribution in [2.75, 3.05) is 13.7 Å². The molecular formula is C19H20N2O3S2. The highest BCUT2D eigenvalue weighted by Crippen LogP contribution is 2.29. The molecule has 0 unspecified atom stereocenters. The second-order valence-electron chi connectivity index (χ2n) is 5.72. The fourth-order valence-electron chi connectivity index (χ4n) is 2.50. The van der Waals surface area contributed by atoms with Crippen molar-refractivity contribution in [2.45, 2.75) is 18.2 Å². The average molecular weight is 389 g/mol. The number of ether oxygens (including phenoxy) is 1. The zero-order valence-corrected chi connectivity index (χ0v) is 16.2. The summed E-state index contributed by atoms with van der Waals surface area (Å²) >= 11 is 1.59. The molecular weight excluding hydrogens is 368 g/mol. The molecule has 1 aromatic heterocycles. The number of nitrogens with zero attached hydrogens (tertiary/aromatic N) is 1. The number of sulfonamides is 1. The first kappa shape index (κ1) is 18.6. The van der Waals surface area contributed by atoms with E-state index in [1.165, 1.54) is 0 Å². The van der Waals surface area contributed by atoms with E-state index in [2.05, 4.69) is 9.71 Å². The van der Waals surface area contributed by atoms with Crippen molar-refractivity contribution in [3.05, 3.63) is 65.2 Å². The Morgan fingerprint density at radius 3 is 2.42 bits per heavy atom. The number of hydrogen-bond donors (Lipinski definition) is 1. The smallest absolute Gasteiger partial charge is 0.240 e. The highest BCUT2D eigenvalue weighted by Gasteiger charge is 2.14. The summed E-state index contributed by atoms with van der Waals surface area (Å²) in [5.74, 6) is 0.803. The molecule has 26 heavy (non-hydrogen) atoms. The first-order valence-corrected chi connectivity index (χ1v) is 10.4. The van der Waals surface area contributed by atoms with Crippen LogP contribution in [0, 0.1) is 6.92 Å². The Morgan fingerprint density at radius 2 is 1.77 bits per heavy atom. The number of rotatable bonds is 7. The van der Waals surface area contributed by atoms with Gasteiger partial charge in [-0.1, -0.05) is 18.2 Å². The largest absolute Gasteiger partial charge is 0.497 e. The molecule has 0 atom stereocenters. The number of benzene rings is 2. The first-order chi connectivity index (χ1) is 12.5. The van der Waals surface area contributed by atoms with E-state index < -0.39 is 10.0 Å². The van der Waals surface area contributed by atoms with Crippen LogP contribution in [0.25, 0.3) is 10.6 Å². The molecule has 2 aromatic carbocycles. The Kier molecular flexibility index (Phi) is 5.70. The summed E-state index contributed by atoms with van der Waals surface area (Å²) in [5.41, 5.74) is 1.95. The van der Waals surface area contributed by atoms with Crippen LogP contribution in [0.4, 0.5) is 0 Å². The summed E-state index contributed by atoms with van der Waals surface area (Å²) in [6.07, 6.45) is 0.603. The van der Waals surface area contributed by atoms with Gasteiger partial charge in [-0.25, -0.2) is 18.1 Å². The van der Waals surface area contributed by atoms with E-state index in [9.17, 15) is 8.42 Å². The van der Waals surface area contributed by atoms with Crippen molar-refractivity contribution >= 4 is 21.4 Å². The Labute approximate surface area is 157 Å². The van der Waals surface area contributed by atoms with E-state index in [0.717, 1.165) is 26.9 Å². The molecule has 0 saturated heterocycles. The fourth-order valence-corrected chi connectivity index (χ4v) is 4.62. The topological polar surface area (TPSA) is 68.3 Å². The number of aryl methyl sites for hydroxylation is 1. The van der Waals surface area contributed by atoms with Gasteiger partial charge in [0.2, 0.25) is 10.0 Å². The van der Waals surface area contributed by atoms with Crippen molar-refractivity contribution in [3.8, 4) is 16.3 Å². The van der Waals surface area contributed by atoms with Gasteiger partial charge in [-0.15, -0.1) is 11.3 Å². The molecule has 0 amide bonds.